The summed E-state index contributed by atoms with van der Waals surface area (Å²) in [6.45, 7) is 10.3. The molecule has 1 aromatic rings. The number of hydrogen-bond donors (Lipinski definition) is 2. The first-order valence-corrected chi connectivity index (χ1v) is 8.05. The number of rotatable bonds is 5. The van der Waals surface area contributed by atoms with Gasteiger partial charge in [0.25, 0.3) is 5.91 Å². The molecule has 1 aromatic carbocycles. The van der Waals surface area contributed by atoms with Gasteiger partial charge in [-0.2, -0.15) is 0 Å². The Morgan fingerprint density at radius 1 is 1.27 bits per heavy atom. The molecule has 22 heavy (non-hydrogen) atoms. The SMILES string of the molecule is CCC(C)(C)NC(=O)C[NH+]1CCN(c2ccc(F)cc2)CC1. The van der Waals surface area contributed by atoms with Crippen molar-refractivity contribution in [2.75, 3.05) is 37.6 Å². The largest absolute Gasteiger partial charge is 0.360 e. The van der Waals surface area contributed by atoms with Crippen LogP contribution in [0.4, 0.5) is 10.1 Å². The average Bonchev–Trinajstić information content (AvgIpc) is 2.48. The number of piperazine rings is 1. The number of nitrogens with one attached hydrogen (secondary N) is 2. The maximum Gasteiger partial charge on any atom is 0.275 e. The fourth-order valence-corrected chi connectivity index (χ4v) is 2.65. The molecule has 5 heteroatoms. The molecule has 1 fully saturated rings. The Bertz CT molecular complexity index is 493. The minimum absolute atomic E-state index is 0.122. The van der Waals surface area contributed by atoms with E-state index in [0.29, 0.717) is 6.54 Å². The fourth-order valence-electron chi connectivity index (χ4n) is 2.65. The Morgan fingerprint density at radius 2 is 1.86 bits per heavy atom. The van der Waals surface area contributed by atoms with Crippen LogP contribution in [-0.4, -0.2) is 44.2 Å². The third kappa shape index (κ3) is 4.70. The van der Waals surface area contributed by atoms with Crippen molar-refractivity contribution in [3.8, 4) is 0 Å². The van der Waals surface area contributed by atoms with E-state index in [4.69, 9.17) is 0 Å². The zero-order chi connectivity index (χ0) is 16.2. The minimum atomic E-state index is -0.205. The number of benzene rings is 1. The topological polar surface area (TPSA) is 36.8 Å². The summed E-state index contributed by atoms with van der Waals surface area (Å²) in [5.74, 6) is -0.0831. The Morgan fingerprint density at radius 3 is 2.41 bits per heavy atom. The van der Waals surface area contributed by atoms with E-state index in [-0.39, 0.29) is 17.3 Å². The van der Waals surface area contributed by atoms with Crippen LogP contribution in [0.3, 0.4) is 0 Å². The molecule has 0 aliphatic carbocycles. The van der Waals surface area contributed by atoms with E-state index in [1.165, 1.54) is 17.0 Å². The van der Waals surface area contributed by atoms with E-state index >= 15 is 0 Å². The number of quaternary nitrogens is 1. The summed E-state index contributed by atoms with van der Waals surface area (Å²) in [7, 11) is 0. The molecule has 0 bridgehead atoms. The van der Waals surface area contributed by atoms with Crippen LogP contribution in [0.5, 0.6) is 0 Å². The quantitative estimate of drug-likeness (QED) is 0.846. The van der Waals surface area contributed by atoms with Gasteiger partial charge in [-0.1, -0.05) is 6.92 Å². The highest BCUT2D eigenvalue weighted by Gasteiger charge is 2.25. The van der Waals surface area contributed by atoms with Crippen LogP contribution in [-0.2, 0) is 4.79 Å². The van der Waals surface area contributed by atoms with Crippen molar-refractivity contribution in [3.05, 3.63) is 30.1 Å². The third-order valence-corrected chi connectivity index (χ3v) is 4.43. The zero-order valence-electron chi connectivity index (χ0n) is 13.8. The second-order valence-corrected chi connectivity index (χ2v) is 6.68. The van der Waals surface area contributed by atoms with Crippen molar-refractivity contribution in [1.29, 1.82) is 0 Å². The van der Waals surface area contributed by atoms with Crippen molar-refractivity contribution >= 4 is 11.6 Å². The molecule has 1 aliphatic rings. The molecule has 0 spiro atoms. The summed E-state index contributed by atoms with van der Waals surface area (Å²) in [6.07, 6.45) is 0.923. The van der Waals surface area contributed by atoms with Crippen molar-refractivity contribution in [1.82, 2.24) is 5.32 Å². The van der Waals surface area contributed by atoms with Gasteiger partial charge >= 0.3 is 0 Å². The minimum Gasteiger partial charge on any atom is -0.360 e. The standard InChI is InChI=1S/C17H26FN3O/c1-4-17(2,3)19-16(22)13-20-9-11-21(12-10-20)15-7-5-14(18)6-8-15/h5-8H,4,9-13H2,1-3H3,(H,19,22)/p+1. The number of nitrogens with zero attached hydrogens (tertiary/aromatic N) is 1. The Labute approximate surface area is 132 Å². The van der Waals surface area contributed by atoms with Gasteiger partial charge in [0.15, 0.2) is 6.54 Å². The predicted octanol–water partition coefficient (Wildman–Crippen LogP) is 0.835. The summed E-state index contributed by atoms with van der Waals surface area (Å²) in [4.78, 5) is 15.6. The van der Waals surface area contributed by atoms with Crippen LogP contribution >= 0.6 is 0 Å². The lowest BCUT2D eigenvalue weighted by molar-refractivity contribution is -0.892. The van der Waals surface area contributed by atoms with E-state index < -0.39 is 0 Å². The van der Waals surface area contributed by atoms with Gasteiger partial charge in [0.05, 0.1) is 26.2 Å². The highest BCUT2D eigenvalue weighted by Crippen LogP contribution is 2.14. The Hall–Kier alpha value is -1.62. The van der Waals surface area contributed by atoms with Crippen molar-refractivity contribution in [3.63, 3.8) is 0 Å². The van der Waals surface area contributed by atoms with Gasteiger partial charge in [-0.05, 0) is 44.5 Å². The molecule has 122 valence electrons. The third-order valence-electron chi connectivity index (χ3n) is 4.43. The van der Waals surface area contributed by atoms with Crippen LogP contribution in [0.2, 0.25) is 0 Å². The molecule has 1 heterocycles. The summed E-state index contributed by atoms with van der Waals surface area (Å²) in [5.41, 5.74) is 0.920. The molecular formula is C17H27FN3O+. The van der Waals surface area contributed by atoms with Gasteiger partial charge in [0.2, 0.25) is 0 Å². The molecule has 2 rings (SSSR count). The Balaban J connectivity index is 1.80. The van der Waals surface area contributed by atoms with Gasteiger partial charge in [-0.25, -0.2) is 4.39 Å². The van der Waals surface area contributed by atoms with E-state index in [1.807, 2.05) is 26.0 Å². The summed E-state index contributed by atoms with van der Waals surface area (Å²) < 4.78 is 13.0. The second kappa shape index (κ2) is 7.09. The van der Waals surface area contributed by atoms with Gasteiger partial charge in [0.1, 0.15) is 5.82 Å². The van der Waals surface area contributed by atoms with Crippen LogP contribution < -0.4 is 15.1 Å². The predicted molar refractivity (Wildman–Crippen MR) is 86.7 cm³/mol. The molecule has 0 atom stereocenters. The van der Waals surface area contributed by atoms with Crippen LogP contribution in [0.15, 0.2) is 24.3 Å². The van der Waals surface area contributed by atoms with Crippen LogP contribution in [0, 0.1) is 5.82 Å². The van der Waals surface area contributed by atoms with Gasteiger partial charge < -0.3 is 15.1 Å². The average molecular weight is 308 g/mol. The smallest absolute Gasteiger partial charge is 0.275 e. The molecule has 1 aliphatic heterocycles. The first kappa shape index (κ1) is 16.7. The van der Waals surface area contributed by atoms with E-state index in [9.17, 15) is 9.18 Å². The number of carbonyl (C=O) groups is 1. The highest BCUT2D eigenvalue weighted by molar-refractivity contribution is 5.77. The maximum atomic E-state index is 13.0. The second-order valence-electron chi connectivity index (χ2n) is 6.68. The Kier molecular flexibility index (Phi) is 5.40. The lowest BCUT2D eigenvalue weighted by Crippen LogP contribution is -3.16. The molecule has 2 N–H and O–H groups in total. The lowest BCUT2D eigenvalue weighted by Gasteiger charge is -2.34. The molecule has 0 unspecified atom stereocenters. The number of amides is 1. The fraction of sp³-hybridized carbons (Fsp3) is 0.588. The molecule has 0 saturated carbocycles. The summed E-state index contributed by atoms with van der Waals surface area (Å²) in [5, 5.41) is 3.09. The number of hydrogen-bond acceptors (Lipinski definition) is 2. The number of carbonyl (C=O) groups excluding carboxylic acids is 1. The van der Waals surface area contributed by atoms with E-state index in [0.717, 1.165) is 38.3 Å². The van der Waals surface area contributed by atoms with Crippen molar-refractivity contribution < 1.29 is 14.1 Å². The van der Waals surface area contributed by atoms with E-state index in [1.54, 1.807) is 0 Å². The molecule has 4 nitrogen and oxygen atoms in total. The van der Waals surface area contributed by atoms with Crippen molar-refractivity contribution in [2.24, 2.45) is 0 Å². The summed E-state index contributed by atoms with van der Waals surface area (Å²) >= 11 is 0. The number of halogens is 1. The molecule has 0 radical (unpaired) electrons. The maximum absolute atomic E-state index is 13.0. The van der Waals surface area contributed by atoms with Crippen LogP contribution in [0.1, 0.15) is 27.2 Å². The first-order valence-electron chi connectivity index (χ1n) is 8.05. The molecule has 1 saturated heterocycles. The zero-order valence-corrected chi connectivity index (χ0v) is 13.8. The lowest BCUT2D eigenvalue weighted by atomic mass is 10.0. The molecule has 0 aromatic heterocycles. The normalized spacial score (nSPS) is 16.6. The van der Waals surface area contributed by atoms with Crippen molar-refractivity contribution in [2.45, 2.75) is 32.7 Å². The van der Waals surface area contributed by atoms with Crippen LogP contribution in [0.25, 0.3) is 0 Å². The molecular weight excluding hydrogens is 281 g/mol. The monoisotopic (exact) mass is 308 g/mol. The van der Waals surface area contributed by atoms with Gasteiger partial charge in [-0.3, -0.25) is 4.79 Å². The highest BCUT2D eigenvalue weighted by atomic mass is 19.1. The number of anilines is 1. The molecule has 1 amide bonds. The van der Waals surface area contributed by atoms with Gasteiger partial charge in [-0.15, -0.1) is 0 Å². The van der Waals surface area contributed by atoms with Gasteiger partial charge in [0, 0.05) is 11.2 Å². The summed E-state index contributed by atoms with van der Waals surface area (Å²) in [6, 6.07) is 6.62. The first-order chi connectivity index (χ1) is 10.4. The van der Waals surface area contributed by atoms with E-state index in [2.05, 4.69) is 17.1 Å².